The molecule has 1 aromatic carbocycles. The molecule has 1 aliphatic heterocycles. The minimum Gasteiger partial charge on any atom is -0.327 e. The van der Waals surface area contributed by atoms with Crippen LogP contribution in [-0.4, -0.2) is 46.1 Å². The molecule has 5 rings (SSSR count). The van der Waals surface area contributed by atoms with Crippen LogP contribution in [0.15, 0.2) is 48.9 Å². The summed E-state index contributed by atoms with van der Waals surface area (Å²) < 4.78 is 3.61. The van der Waals surface area contributed by atoms with Gasteiger partial charge in [0.2, 0.25) is 5.95 Å². The number of hydrogen-bond donors (Lipinski definition) is 1. The lowest BCUT2D eigenvalue weighted by Gasteiger charge is -2.33. The van der Waals surface area contributed by atoms with Gasteiger partial charge in [-0.1, -0.05) is 23.7 Å². The smallest absolute Gasteiger partial charge is 0.290 e. The van der Waals surface area contributed by atoms with Crippen LogP contribution in [0.1, 0.15) is 28.7 Å². The van der Waals surface area contributed by atoms with Crippen LogP contribution in [0.5, 0.6) is 0 Å². The summed E-state index contributed by atoms with van der Waals surface area (Å²) in [4.78, 5) is 28.9. The molecule has 0 radical (unpaired) electrons. The van der Waals surface area contributed by atoms with Crippen LogP contribution in [-0.2, 0) is 20.1 Å². The highest BCUT2D eigenvalue weighted by atomic mass is 35.5. The first-order valence-electron chi connectivity index (χ1n) is 10.6. The van der Waals surface area contributed by atoms with Crippen molar-refractivity contribution in [1.82, 2.24) is 34.2 Å². The number of aromatic nitrogens is 6. The van der Waals surface area contributed by atoms with Crippen LogP contribution < -0.4 is 5.32 Å². The van der Waals surface area contributed by atoms with Gasteiger partial charge >= 0.3 is 0 Å². The molecule has 4 heterocycles. The maximum absolute atomic E-state index is 13.3. The number of fused-ring (bicyclic) bond motifs is 1. The Labute approximate surface area is 196 Å². The number of nitrogens with one attached hydrogen (secondary N) is 1. The zero-order valence-electron chi connectivity index (χ0n) is 18.5. The summed E-state index contributed by atoms with van der Waals surface area (Å²) in [7, 11) is 1.84. The molecule has 168 valence electrons. The van der Waals surface area contributed by atoms with Crippen LogP contribution in [0.3, 0.4) is 0 Å². The second-order valence-electron chi connectivity index (χ2n) is 8.20. The van der Waals surface area contributed by atoms with Crippen LogP contribution in [0.25, 0.3) is 11.4 Å². The van der Waals surface area contributed by atoms with Crippen molar-refractivity contribution in [2.24, 2.45) is 7.05 Å². The fraction of sp³-hybridized carbons (Fsp3) is 0.261. The van der Waals surface area contributed by atoms with E-state index in [4.69, 9.17) is 11.6 Å². The minimum absolute atomic E-state index is 0.0135. The monoisotopic (exact) mass is 462 g/mol. The molecule has 4 aromatic rings. The molecule has 1 aliphatic rings. The molecule has 33 heavy (non-hydrogen) atoms. The van der Waals surface area contributed by atoms with Gasteiger partial charge in [-0.2, -0.15) is 5.10 Å². The molecule has 0 saturated carbocycles. The lowest BCUT2D eigenvalue weighted by molar-refractivity contribution is 0.0587. The number of halogens is 1. The topological polar surface area (TPSA) is 93.8 Å². The van der Waals surface area contributed by atoms with E-state index < -0.39 is 0 Å². The van der Waals surface area contributed by atoms with Gasteiger partial charge in [-0.05, 0) is 37.1 Å². The average molecular weight is 463 g/mol. The van der Waals surface area contributed by atoms with Crippen molar-refractivity contribution in [2.45, 2.75) is 33.0 Å². The Morgan fingerprint density at radius 1 is 1.24 bits per heavy atom. The van der Waals surface area contributed by atoms with Gasteiger partial charge in [0.25, 0.3) is 5.91 Å². The number of nitrogens with zero attached hydrogens (tertiary/aromatic N) is 7. The summed E-state index contributed by atoms with van der Waals surface area (Å²) in [6.07, 6.45) is 5.34. The van der Waals surface area contributed by atoms with E-state index in [-0.39, 0.29) is 11.9 Å². The second kappa shape index (κ2) is 8.32. The highest BCUT2D eigenvalue weighted by Crippen LogP contribution is 2.27. The SMILES string of the molecule is Cc1cnc(Nc2ccnn2C)nc1-c1cn2c(n1)C(=O)N(Cc1cccc(Cl)c1)[C@@H](C)C2. The number of imidazole rings is 1. The zero-order chi connectivity index (χ0) is 23.1. The molecule has 3 aromatic heterocycles. The number of amides is 1. The van der Waals surface area contributed by atoms with E-state index >= 15 is 0 Å². The summed E-state index contributed by atoms with van der Waals surface area (Å²) >= 11 is 6.13. The van der Waals surface area contributed by atoms with Gasteiger partial charge in [-0.3, -0.25) is 9.48 Å². The van der Waals surface area contributed by atoms with Gasteiger partial charge in [0, 0.05) is 49.7 Å². The van der Waals surface area contributed by atoms with E-state index in [1.54, 1.807) is 17.1 Å². The molecule has 0 saturated heterocycles. The third-order valence-corrected chi connectivity index (χ3v) is 5.97. The summed E-state index contributed by atoms with van der Waals surface area (Å²) in [6.45, 7) is 5.10. The lowest BCUT2D eigenvalue weighted by atomic mass is 10.1. The predicted octanol–water partition coefficient (Wildman–Crippen LogP) is 3.82. The largest absolute Gasteiger partial charge is 0.327 e. The normalized spacial score (nSPS) is 15.6. The molecule has 0 unspecified atom stereocenters. The van der Waals surface area contributed by atoms with Crippen molar-refractivity contribution < 1.29 is 4.79 Å². The van der Waals surface area contributed by atoms with Gasteiger partial charge in [-0.25, -0.2) is 15.0 Å². The number of rotatable bonds is 5. The molecular weight excluding hydrogens is 440 g/mol. The van der Waals surface area contributed by atoms with E-state index in [0.29, 0.717) is 41.3 Å². The maximum Gasteiger partial charge on any atom is 0.290 e. The summed E-state index contributed by atoms with van der Waals surface area (Å²) in [6, 6.07) is 9.43. The van der Waals surface area contributed by atoms with Crippen molar-refractivity contribution in [2.75, 3.05) is 5.32 Å². The Morgan fingerprint density at radius 2 is 2.09 bits per heavy atom. The molecule has 9 nitrogen and oxygen atoms in total. The first kappa shape index (κ1) is 21.1. The Bertz CT molecular complexity index is 1340. The van der Waals surface area contributed by atoms with E-state index in [1.807, 2.05) is 66.9 Å². The molecule has 0 aliphatic carbocycles. The summed E-state index contributed by atoms with van der Waals surface area (Å²) in [5.74, 6) is 1.51. The molecule has 0 fully saturated rings. The highest BCUT2D eigenvalue weighted by Gasteiger charge is 2.32. The Morgan fingerprint density at radius 3 is 2.85 bits per heavy atom. The van der Waals surface area contributed by atoms with Crippen LogP contribution >= 0.6 is 11.6 Å². The standard InChI is InChI=1S/C23H23ClN8O/c1-14-10-25-23(28-19-7-8-26-30(19)3)29-20(14)18-13-31-11-15(2)32(22(33)21(31)27-18)12-16-5-4-6-17(24)9-16/h4-10,13,15H,11-12H2,1-3H3,(H,25,28,29)/t15-/m0/s1. The van der Waals surface area contributed by atoms with Gasteiger partial charge in [0.1, 0.15) is 11.5 Å². The fourth-order valence-corrected chi connectivity index (χ4v) is 4.20. The van der Waals surface area contributed by atoms with Gasteiger partial charge in [0.15, 0.2) is 5.82 Å². The molecule has 10 heteroatoms. The van der Waals surface area contributed by atoms with Gasteiger partial charge in [0.05, 0.1) is 11.9 Å². The number of aryl methyl sites for hydroxylation is 2. The minimum atomic E-state index is -0.111. The quantitative estimate of drug-likeness (QED) is 0.484. The summed E-state index contributed by atoms with van der Waals surface area (Å²) in [5, 5.41) is 7.97. The van der Waals surface area contributed by atoms with Crippen molar-refractivity contribution in [3.63, 3.8) is 0 Å². The lowest BCUT2D eigenvalue weighted by Crippen LogP contribution is -2.46. The molecule has 1 N–H and O–H groups in total. The average Bonchev–Trinajstić information content (AvgIpc) is 3.39. The first-order valence-corrected chi connectivity index (χ1v) is 11.0. The van der Waals surface area contributed by atoms with Crippen LogP contribution in [0.2, 0.25) is 5.02 Å². The van der Waals surface area contributed by atoms with Crippen molar-refractivity contribution >= 4 is 29.3 Å². The summed E-state index contributed by atoms with van der Waals surface area (Å²) in [5.41, 5.74) is 3.18. The van der Waals surface area contributed by atoms with E-state index in [9.17, 15) is 4.79 Å². The maximum atomic E-state index is 13.3. The predicted molar refractivity (Wildman–Crippen MR) is 125 cm³/mol. The van der Waals surface area contributed by atoms with Crippen molar-refractivity contribution in [3.05, 3.63) is 70.9 Å². The Kier molecular flexibility index (Phi) is 5.33. The fourth-order valence-electron chi connectivity index (χ4n) is 3.98. The number of hydrogen-bond acceptors (Lipinski definition) is 6. The highest BCUT2D eigenvalue weighted by molar-refractivity contribution is 6.30. The van der Waals surface area contributed by atoms with E-state index in [2.05, 4.69) is 25.4 Å². The Hall–Kier alpha value is -3.72. The molecule has 0 spiro atoms. The molecule has 0 bridgehead atoms. The zero-order valence-corrected chi connectivity index (χ0v) is 19.3. The molecule has 1 atom stereocenters. The van der Waals surface area contributed by atoms with Crippen LogP contribution in [0.4, 0.5) is 11.8 Å². The van der Waals surface area contributed by atoms with Crippen molar-refractivity contribution in [1.29, 1.82) is 0 Å². The van der Waals surface area contributed by atoms with Crippen LogP contribution in [0, 0.1) is 6.92 Å². The second-order valence-corrected chi connectivity index (χ2v) is 8.64. The third kappa shape index (κ3) is 4.07. The number of anilines is 2. The number of carbonyl (C=O) groups is 1. The number of benzene rings is 1. The van der Waals surface area contributed by atoms with E-state index in [0.717, 1.165) is 16.9 Å². The van der Waals surface area contributed by atoms with E-state index in [1.165, 1.54) is 0 Å². The Balaban J connectivity index is 1.44. The van der Waals surface area contributed by atoms with Gasteiger partial charge < -0.3 is 14.8 Å². The third-order valence-electron chi connectivity index (χ3n) is 5.74. The van der Waals surface area contributed by atoms with Crippen molar-refractivity contribution in [3.8, 4) is 11.4 Å². The molecular formula is C23H23ClN8O. The molecule has 1 amide bonds. The van der Waals surface area contributed by atoms with Gasteiger partial charge in [-0.15, -0.1) is 0 Å². The first-order chi connectivity index (χ1) is 15.9. The number of carbonyl (C=O) groups excluding carboxylic acids is 1.